The second-order valence-corrected chi connectivity index (χ2v) is 6.01. The zero-order valence-electron chi connectivity index (χ0n) is 13.2. The van der Waals surface area contributed by atoms with Crippen LogP contribution < -0.4 is 10.6 Å². The molecule has 112 valence electrons. The highest BCUT2D eigenvalue weighted by Gasteiger charge is 2.18. The molecule has 19 heavy (non-hydrogen) atoms. The minimum atomic E-state index is 0.649. The van der Waals surface area contributed by atoms with Gasteiger partial charge in [0, 0.05) is 20.1 Å². The van der Waals surface area contributed by atoms with Crippen molar-refractivity contribution in [1.29, 1.82) is 0 Å². The normalized spacial score (nSPS) is 18.9. The Bertz CT molecular complexity index is 255. The van der Waals surface area contributed by atoms with Gasteiger partial charge < -0.3 is 15.5 Å². The van der Waals surface area contributed by atoms with Crippen molar-refractivity contribution in [2.24, 2.45) is 16.8 Å². The van der Waals surface area contributed by atoms with E-state index in [1.807, 2.05) is 7.05 Å². The summed E-state index contributed by atoms with van der Waals surface area (Å²) in [5.41, 5.74) is 0. The van der Waals surface area contributed by atoms with Crippen molar-refractivity contribution in [2.45, 2.75) is 40.0 Å². The largest absolute Gasteiger partial charge is 0.356 e. The lowest BCUT2D eigenvalue weighted by Crippen LogP contribution is -2.43. The van der Waals surface area contributed by atoms with E-state index in [4.69, 9.17) is 0 Å². The maximum Gasteiger partial charge on any atom is 0.190 e. The van der Waals surface area contributed by atoms with Gasteiger partial charge in [-0.2, -0.15) is 0 Å². The zero-order valence-corrected chi connectivity index (χ0v) is 13.2. The summed E-state index contributed by atoms with van der Waals surface area (Å²) in [4.78, 5) is 6.86. The van der Waals surface area contributed by atoms with E-state index in [0.717, 1.165) is 25.0 Å². The summed E-state index contributed by atoms with van der Waals surface area (Å²) >= 11 is 0. The van der Waals surface area contributed by atoms with Crippen LogP contribution in [-0.4, -0.2) is 50.6 Å². The van der Waals surface area contributed by atoms with Crippen molar-refractivity contribution < 1.29 is 0 Å². The van der Waals surface area contributed by atoms with Crippen molar-refractivity contribution in [3.8, 4) is 0 Å². The Morgan fingerprint density at radius 3 is 2.47 bits per heavy atom. The van der Waals surface area contributed by atoms with Gasteiger partial charge in [0.1, 0.15) is 0 Å². The number of rotatable bonds is 6. The van der Waals surface area contributed by atoms with Crippen molar-refractivity contribution >= 4 is 5.96 Å². The Kier molecular flexibility index (Phi) is 7.87. The van der Waals surface area contributed by atoms with E-state index in [2.05, 4.69) is 41.3 Å². The molecule has 1 saturated heterocycles. The molecule has 0 saturated carbocycles. The molecule has 0 aromatic rings. The maximum absolute atomic E-state index is 4.27. The second kappa shape index (κ2) is 9.18. The smallest absolute Gasteiger partial charge is 0.190 e. The number of aliphatic imine (C=N–C) groups is 1. The molecule has 0 bridgehead atoms. The van der Waals surface area contributed by atoms with E-state index in [1.54, 1.807) is 0 Å². The number of nitrogens with one attached hydrogen (secondary N) is 2. The van der Waals surface area contributed by atoms with Crippen molar-refractivity contribution in [3.05, 3.63) is 0 Å². The summed E-state index contributed by atoms with van der Waals surface area (Å²) in [7, 11) is 1.85. The quantitative estimate of drug-likeness (QED) is 0.571. The molecule has 1 rings (SSSR count). The Labute approximate surface area is 119 Å². The van der Waals surface area contributed by atoms with Gasteiger partial charge in [0.2, 0.25) is 0 Å². The van der Waals surface area contributed by atoms with Gasteiger partial charge in [-0.15, -0.1) is 0 Å². The standard InChI is InChI=1S/C15H32N4/c1-5-8-19-9-6-14(7-10-19)12-18-15(16-4)17-11-13(2)3/h13-14H,5-12H2,1-4H3,(H2,16,17,18). The molecular formula is C15H32N4. The molecule has 0 atom stereocenters. The van der Waals surface area contributed by atoms with Gasteiger partial charge >= 0.3 is 0 Å². The van der Waals surface area contributed by atoms with Crippen LogP contribution in [0, 0.1) is 11.8 Å². The molecule has 1 fully saturated rings. The highest BCUT2D eigenvalue weighted by molar-refractivity contribution is 5.79. The Morgan fingerprint density at radius 1 is 1.26 bits per heavy atom. The van der Waals surface area contributed by atoms with Crippen LogP contribution in [0.25, 0.3) is 0 Å². The minimum Gasteiger partial charge on any atom is -0.356 e. The number of hydrogen-bond donors (Lipinski definition) is 2. The molecular weight excluding hydrogens is 236 g/mol. The summed E-state index contributed by atoms with van der Waals surface area (Å²) in [6.07, 6.45) is 3.90. The Morgan fingerprint density at radius 2 is 1.95 bits per heavy atom. The fourth-order valence-corrected chi connectivity index (χ4v) is 2.49. The van der Waals surface area contributed by atoms with E-state index in [-0.39, 0.29) is 0 Å². The van der Waals surface area contributed by atoms with Crippen LogP contribution in [0.2, 0.25) is 0 Å². The molecule has 1 heterocycles. The monoisotopic (exact) mass is 268 g/mol. The Balaban J connectivity index is 2.18. The fourth-order valence-electron chi connectivity index (χ4n) is 2.49. The number of hydrogen-bond acceptors (Lipinski definition) is 2. The van der Waals surface area contributed by atoms with Crippen LogP contribution in [0.3, 0.4) is 0 Å². The van der Waals surface area contributed by atoms with Gasteiger partial charge in [-0.05, 0) is 50.7 Å². The molecule has 0 radical (unpaired) electrons. The summed E-state index contributed by atoms with van der Waals surface area (Å²) in [6.45, 7) is 12.5. The van der Waals surface area contributed by atoms with Crippen LogP contribution in [0.4, 0.5) is 0 Å². The fraction of sp³-hybridized carbons (Fsp3) is 0.933. The number of piperidine rings is 1. The van der Waals surface area contributed by atoms with Crippen LogP contribution >= 0.6 is 0 Å². The molecule has 0 aliphatic carbocycles. The molecule has 4 nitrogen and oxygen atoms in total. The molecule has 1 aliphatic rings. The van der Waals surface area contributed by atoms with E-state index >= 15 is 0 Å². The maximum atomic E-state index is 4.27. The van der Waals surface area contributed by atoms with E-state index in [1.165, 1.54) is 38.9 Å². The molecule has 1 aliphatic heterocycles. The predicted octanol–water partition coefficient (Wildman–Crippen LogP) is 1.93. The number of guanidine groups is 1. The summed E-state index contributed by atoms with van der Waals surface area (Å²) in [5.74, 6) is 2.39. The SMILES string of the molecule is CCCN1CCC(CNC(=NC)NCC(C)C)CC1. The van der Waals surface area contributed by atoms with Gasteiger partial charge in [-0.25, -0.2) is 0 Å². The molecule has 0 aromatic carbocycles. The van der Waals surface area contributed by atoms with Gasteiger partial charge in [0.15, 0.2) is 5.96 Å². The summed E-state index contributed by atoms with van der Waals surface area (Å²) in [6, 6.07) is 0. The Hall–Kier alpha value is -0.770. The van der Waals surface area contributed by atoms with E-state index < -0.39 is 0 Å². The average Bonchev–Trinajstić information content (AvgIpc) is 2.41. The first kappa shape index (κ1) is 16.3. The molecule has 0 aromatic heterocycles. The summed E-state index contributed by atoms with van der Waals surface area (Å²) in [5, 5.41) is 6.83. The third kappa shape index (κ3) is 6.81. The third-order valence-corrected chi connectivity index (χ3v) is 3.71. The lowest BCUT2D eigenvalue weighted by molar-refractivity contribution is 0.185. The highest BCUT2D eigenvalue weighted by atomic mass is 15.2. The molecule has 0 unspecified atom stereocenters. The highest BCUT2D eigenvalue weighted by Crippen LogP contribution is 2.16. The number of nitrogens with zero attached hydrogens (tertiary/aromatic N) is 2. The molecule has 2 N–H and O–H groups in total. The van der Waals surface area contributed by atoms with Crippen LogP contribution in [0.1, 0.15) is 40.0 Å². The van der Waals surface area contributed by atoms with Crippen LogP contribution in [-0.2, 0) is 0 Å². The van der Waals surface area contributed by atoms with Crippen molar-refractivity contribution in [1.82, 2.24) is 15.5 Å². The van der Waals surface area contributed by atoms with Crippen LogP contribution in [0.15, 0.2) is 4.99 Å². The lowest BCUT2D eigenvalue weighted by Gasteiger charge is -2.32. The van der Waals surface area contributed by atoms with Gasteiger partial charge in [0.05, 0.1) is 0 Å². The molecule has 0 spiro atoms. The molecule has 0 amide bonds. The second-order valence-electron chi connectivity index (χ2n) is 6.01. The van der Waals surface area contributed by atoms with Gasteiger partial charge in [-0.1, -0.05) is 20.8 Å². The van der Waals surface area contributed by atoms with E-state index in [9.17, 15) is 0 Å². The zero-order chi connectivity index (χ0) is 14.1. The third-order valence-electron chi connectivity index (χ3n) is 3.71. The first-order chi connectivity index (χ1) is 9.15. The van der Waals surface area contributed by atoms with Crippen molar-refractivity contribution in [3.63, 3.8) is 0 Å². The van der Waals surface area contributed by atoms with Crippen LogP contribution in [0.5, 0.6) is 0 Å². The van der Waals surface area contributed by atoms with E-state index in [0.29, 0.717) is 5.92 Å². The minimum absolute atomic E-state index is 0.649. The van der Waals surface area contributed by atoms with Crippen molar-refractivity contribution in [2.75, 3.05) is 39.8 Å². The first-order valence-corrected chi connectivity index (χ1v) is 7.82. The lowest BCUT2D eigenvalue weighted by atomic mass is 9.97. The average molecular weight is 268 g/mol. The predicted molar refractivity (Wildman–Crippen MR) is 83.7 cm³/mol. The first-order valence-electron chi connectivity index (χ1n) is 7.82. The van der Waals surface area contributed by atoms with Gasteiger partial charge in [0.25, 0.3) is 0 Å². The van der Waals surface area contributed by atoms with Gasteiger partial charge in [-0.3, -0.25) is 4.99 Å². The number of likely N-dealkylation sites (tertiary alicyclic amines) is 1. The summed E-state index contributed by atoms with van der Waals surface area (Å²) < 4.78 is 0. The topological polar surface area (TPSA) is 39.7 Å². The molecule has 4 heteroatoms.